The highest BCUT2D eigenvalue weighted by Gasteiger charge is 2.41. The molecule has 0 aliphatic carbocycles. The predicted molar refractivity (Wildman–Crippen MR) is 125 cm³/mol. The van der Waals surface area contributed by atoms with E-state index in [2.05, 4.69) is 15.3 Å². The van der Waals surface area contributed by atoms with Crippen LogP contribution in [0.2, 0.25) is 0 Å². The molecule has 1 aromatic carbocycles. The number of allylic oxidation sites excluding steroid dienone is 1. The number of aliphatic imine (C=N–C) groups is 2. The third-order valence-electron chi connectivity index (χ3n) is 6.92. The molecule has 7 nitrogen and oxygen atoms in total. The number of carbonyl (C=O) groups excluding carboxylic acids is 2. The van der Waals surface area contributed by atoms with Gasteiger partial charge in [0.25, 0.3) is 5.92 Å². The summed E-state index contributed by atoms with van der Waals surface area (Å²) < 4.78 is 27.6. The van der Waals surface area contributed by atoms with E-state index in [4.69, 9.17) is 0 Å². The molecule has 1 N–H and O–H groups in total. The molecule has 0 radical (unpaired) electrons. The smallest absolute Gasteiger partial charge is 0.266 e. The molecule has 1 unspecified atom stereocenters. The zero-order chi connectivity index (χ0) is 23.9. The van der Waals surface area contributed by atoms with Crippen molar-refractivity contribution in [3.05, 3.63) is 53.8 Å². The van der Waals surface area contributed by atoms with Crippen LogP contribution in [0, 0.1) is 5.92 Å². The Bertz CT molecular complexity index is 1110. The molecule has 34 heavy (non-hydrogen) atoms. The largest absolute Gasteiger partial charge is 0.350 e. The molecule has 0 bridgehead atoms. The first-order chi connectivity index (χ1) is 16.3. The predicted octanol–water partition coefficient (Wildman–Crippen LogP) is 3.38. The van der Waals surface area contributed by atoms with Crippen molar-refractivity contribution in [2.45, 2.75) is 38.0 Å². The van der Waals surface area contributed by atoms with Gasteiger partial charge in [0.15, 0.2) is 0 Å². The highest BCUT2D eigenvalue weighted by Crippen LogP contribution is 2.32. The number of rotatable bonds is 2. The molecular weight excluding hydrogens is 440 g/mol. The fourth-order valence-corrected chi connectivity index (χ4v) is 4.98. The van der Waals surface area contributed by atoms with Gasteiger partial charge >= 0.3 is 0 Å². The first-order valence-electron chi connectivity index (χ1n) is 11.6. The second kappa shape index (κ2) is 8.77. The van der Waals surface area contributed by atoms with Crippen LogP contribution in [0.15, 0.2) is 58.2 Å². The summed E-state index contributed by atoms with van der Waals surface area (Å²) in [6.45, 7) is 2.94. The second-order valence-corrected chi connectivity index (χ2v) is 9.26. The normalized spacial score (nSPS) is 25.7. The van der Waals surface area contributed by atoms with Crippen LogP contribution in [-0.2, 0) is 9.59 Å². The van der Waals surface area contributed by atoms with Gasteiger partial charge in [-0.05, 0) is 54.2 Å². The van der Waals surface area contributed by atoms with E-state index in [0.717, 1.165) is 25.9 Å². The number of alkyl halides is 2. The van der Waals surface area contributed by atoms with Crippen LogP contribution < -0.4 is 5.32 Å². The minimum Gasteiger partial charge on any atom is -0.350 e. The van der Waals surface area contributed by atoms with Crippen molar-refractivity contribution >= 4 is 29.2 Å². The molecule has 9 heteroatoms. The number of halogens is 2. The Balaban J connectivity index is 1.39. The Hall–Kier alpha value is -3.36. The molecule has 0 aromatic heterocycles. The average Bonchev–Trinajstić information content (AvgIpc) is 3.19. The maximum Gasteiger partial charge on any atom is 0.266 e. The van der Waals surface area contributed by atoms with Gasteiger partial charge in [-0.25, -0.2) is 18.8 Å². The van der Waals surface area contributed by atoms with Crippen molar-refractivity contribution in [3.8, 4) is 0 Å². The van der Waals surface area contributed by atoms with Crippen LogP contribution in [-0.4, -0.2) is 65.4 Å². The molecule has 4 heterocycles. The fraction of sp³-hybridized carbons (Fsp3) is 0.440. The van der Waals surface area contributed by atoms with E-state index in [0.29, 0.717) is 28.8 Å². The third-order valence-corrected chi connectivity index (χ3v) is 6.92. The summed E-state index contributed by atoms with van der Waals surface area (Å²) in [6.07, 6.45) is 6.65. The lowest BCUT2D eigenvalue weighted by molar-refractivity contribution is -0.129. The summed E-state index contributed by atoms with van der Waals surface area (Å²) in [5, 5.41) is 2.69. The lowest BCUT2D eigenvalue weighted by atomic mass is 9.89. The van der Waals surface area contributed by atoms with E-state index in [9.17, 15) is 18.4 Å². The van der Waals surface area contributed by atoms with Gasteiger partial charge in [-0.2, -0.15) is 0 Å². The van der Waals surface area contributed by atoms with Gasteiger partial charge < -0.3 is 15.1 Å². The number of piperidine rings is 1. The van der Waals surface area contributed by atoms with Gasteiger partial charge in [-0.15, -0.1) is 0 Å². The highest BCUT2D eigenvalue weighted by atomic mass is 19.3. The minimum atomic E-state index is -2.74. The Morgan fingerprint density at radius 2 is 1.91 bits per heavy atom. The van der Waals surface area contributed by atoms with Gasteiger partial charge in [0.2, 0.25) is 11.8 Å². The van der Waals surface area contributed by atoms with Crippen LogP contribution in [0.5, 0.6) is 0 Å². The Labute approximate surface area is 196 Å². The van der Waals surface area contributed by atoms with Gasteiger partial charge in [0.1, 0.15) is 17.6 Å². The molecule has 2 saturated heterocycles. The van der Waals surface area contributed by atoms with Crippen LogP contribution in [0.3, 0.4) is 0 Å². The van der Waals surface area contributed by atoms with Crippen molar-refractivity contribution in [2.75, 3.05) is 26.2 Å². The molecule has 1 atom stereocenters. The summed E-state index contributed by atoms with van der Waals surface area (Å²) in [6, 6.07) is 7.85. The van der Waals surface area contributed by atoms with Gasteiger partial charge in [0, 0.05) is 39.2 Å². The monoisotopic (exact) mass is 467 g/mol. The van der Waals surface area contributed by atoms with E-state index in [-0.39, 0.29) is 31.3 Å². The number of dihydropyridines is 1. The van der Waals surface area contributed by atoms with E-state index in [1.807, 2.05) is 29.2 Å². The quantitative estimate of drug-likeness (QED) is 0.725. The van der Waals surface area contributed by atoms with Crippen molar-refractivity contribution in [3.63, 3.8) is 0 Å². The molecule has 178 valence electrons. The minimum absolute atomic E-state index is 0.115. The van der Waals surface area contributed by atoms with Crippen LogP contribution in [0.25, 0.3) is 0 Å². The molecule has 2 fully saturated rings. The number of fused-ring (bicyclic) bond motifs is 1. The van der Waals surface area contributed by atoms with Crippen molar-refractivity contribution < 1.29 is 18.4 Å². The number of nitrogens with one attached hydrogen (secondary N) is 1. The molecule has 5 rings (SSSR count). The molecular formula is C25H27F2N5O2. The van der Waals surface area contributed by atoms with Crippen LogP contribution in [0.1, 0.15) is 37.7 Å². The number of nitrogens with zero attached hydrogens (tertiary/aromatic N) is 4. The van der Waals surface area contributed by atoms with Gasteiger partial charge in [0.05, 0.1) is 12.2 Å². The summed E-state index contributed by atoms with van der Waals surface area (Å²) in [5.41, 5.74) is 2.54. The topological polar surface area (TPSA) is 77.4 Å². The van der Waals surface area contributed by atoms with Crippen molar-refractivity contribution in [2.24, 2.45) is 15.9 Å². The number of amides is 2. The molecule has 4 aliphatic heterocycles. The second-order valence-electron chi connectivity index (χ2n) is 9.26. The van der Waals surface area contributed by atoms with E-state index >= 15 is 0 Å². The lowest BCUT2D eigenvalue weighted by Crippen LogP contribution is -2.41. The first-order valence-corrected chi connectivity index (χ1v) is 11.6. The third kappa shape index (κ3) is 4.51. The maximum atomic E-state index is 13.8. The number of hydrogen-bond donors (Lipinski definition) is 1. The summed E-state index contributed by atoms with van der Waals surface area (Å²) >= 11 is 0. The van der Waals surface area contributed by atoms with E-state index in [1.165, 1.54) is 5.56 Å². The SMILES string of the molecule is CC(=O)N1CCC(c2ccc(N=C3N=C(N4CCC(F)(F)C4)C=C4C=CNC(=O)C43)cc2)CC1. The van der Waals surface area contributed by atoms with E-state index in [1.54, 1.807) is 30.2 Å². The number of hydrogen-bond acceptors (Lipinski definition) is 4. The number of amidine groups is 2. The lowest BCUT2D eigenvalue weighted by Gasteiger charge is -2.31. The van der Waals surface area contributed by atoms with E-state index < -0.39 is 11.8 Å². The molecule has 4 aliphatic rings. The fourth-order valence-electron chi connectivity index (χ4n) is 4.98. The zero-order valence-electron chi connectivity index (χ0n) is 19.0. The van der Waals surface area contributed by atoms with Gasteiger partial charge in [-0.1, -0.05) is 12.1 Å². The first kappa shape index (κ1) is 22.4. The standard InChI is InChI=1S/C25H27F2N5O2/c1-16(33)31-11-7-18(8-12-31)17-2-4-20(5-3-17)29-23-22-19(6-10-28-24(22)34)14-21(30-23)32-13-9-25(26,27)15-32/h2-6,10,14,18,22H,7-9,11-13,15H2,1H3,(H,28,34). The number of likely N-dealkylation sites (tertiary alicyclic amines) is 2. The number of benzene rings is 1. The molecule has 2 amide bonds. The van der Waals surface area contributed by atoms with Crippen LogP contribution in [0.4, 0.5) is 14.5 Å². The summed E-state index contributed by atoms with van der Waals surface area (Å²) in [7, 11) is 0. The maximum absolute atomic E-state index is 13.8. The summed E-state index contributed by atoms with van der Waals surface area (Å²) in [4.78, 5) is 36.8. The molecule has 0 saturated carbocycles. The van der Waals surface area contributed by atoms with Crippen molar-refractivity contribution in [1.82, 2.24) is 15.1 Å². The van der Waals surface area contributed by atoms with Gasteiger partial charge in [-0.3, -0.25) is 9.59 Å². The molecule has 1 aromatic rings. The highest BCUT2D eigenvalue weighted by molar-refractivity contribution is 6.17. The zero-order valence-corrected chi connectivity index (χ0v) is 19.0. The Morgan fingerprint density at radius 3 is 2.56 bits per heavy atom. The van der Waals surface area contributed by atoms with Crippen LogP contribution >= 0.6 is 0 Å². The Morgan fingerprint density at radius 1 is 1.18 bits per heavy atom. The molecule has 0 spiro atoms. The Kier molecular flexibility index (Phi) is 5.79. The number of carbonyl (C=O) groups is 2. The van der Waals surface area contributed by atoms with Crippen molar-refractivity contribution in [1.29, 1.82) is 0 Å². The average molecular weight is 468 g/mol. The summed E-state index contributed by atoms with van der Waals surface area (Å²) in [5.74, 6) is -2.45.